The molecule has 7 heteroatoms. The summed E-state index contributed by atoms with van der Waals surface area (Å²) in [6, 6.07) is 2.97. The van der Waals surface area contributed by atoms with Gasteiger partial charge in [-0.1, -0.05) is 18.5 Å². The lowest BCUT2D eigenvalue weighted by atomic mass is 10.1. The van der Waals surface area contributed by atoms with Crippen molar-refractivity contribution in [1.82, 2.24) is 9.29 Å². The van der Waals surface area contributed by atoms with Crippen LogP contribution in [0.1, 0.15) is 13.3 Å². The van der Waals surface area contributed by atoms with Gasteiger partial charge in [-0.3, -0.25) is 0 Å². The van der Waals surface area contributed by atoms with E-state index in [1.807, 2.05) is 6.92 Å². The largest absolute Gasteiger partial charge is 0.381 e. The zero-order chi connectivity index (χ0) is 13.9. The third-order valence-corrected chi connectivity index (χ3v) is 5.32. The van der Waals surface area contributed by atoms with Crippen LogP contribution in [0.15, 0.2) is 23.2 Å². The molecule has 0 saturated carbocycles. The predicted molar refractivity (Wildman–Crippen MR) is 72.6 cm³/mol. The lowest BCUT2D eigenvalue weighted by Gasteiger charge is -2.22. The van der Waals surface area contributed by atoms with Gasteiger partial charge >= 0.3 is 0 Å². The van der Waals surface area contributed by atoms with Gasteiger partial charge in [-0.15, -0.1) is 0 Å². The van der Waals surface area contributed by atoms with Crippen molar-refractivity contribution in [3.63, 3.8) is 0 Å². The number of hydrogen-bond donors (Lipinski definition) is 0. The highest BCUT2D eigenvalue weighted by molar-refractivity contribution is 7.89. The Hall–Kier alpha value is -0.690. The van der Waals surface area contributed by atoms with E-state index < -0.39 is 10.0 Å². The fourth-order valence-corrected chi connectivity index (χ4v) is 3.66. The van der Waals surface area contributed by atoms with Crippen LogP contribution >= 0.6 is 11.6 Å². The minimum Gasteiger partial charge on any atom is -0.381 e. The van der Waals surface area contributed by atoms with Crippen LogP contribution in [-0.4, -0.2) is 44.0 Å². The zero-order valence-electron chi connectivity index (χ0n) is 10.8. The topological polar surface area (TPSA) is 59.5 Å². The molecule has 0 bridgehead atoms. The Morgan fingerprint density at radius 3 is 2.84 bits per heavy atom. The van der Waals surface area contributed by atoms with E-state index in [1.54, 1.807) is 0 Å². The minimum atomic E-state index is -3.50. The summed E-state index contributed by atoms with van der Waals surface area (Å²) < 4.78 is 31.7. The van der Waals surface area contributed by atoms with E-state index in [-0.39, 0.29) is 16.0 Å². The molecule has 0 aliphatic carbocycles. The third kappa shape index (κ3) is 3.45. The maximum Gasteiger partial charge on any atom is 0.244 e. The highest BCUT2D eigenvalue weighted by Crippen LogP contribution is 2.20. The molecule has 1 aliphatic heterocycles. The van der Waals surface area contributed by atoms with Crippen molar-refractivity contribution < 1.29 is 13.2 Å². The quantitative estimate of drug-likeness (QED) is 0.778. The van der Waals surface area contributed by atoms with Gasteiger partial charge in [-0.25, -0.2) is 13.4 Å². The van der Waals surface area contributed by atoms with Gasteiger partial charge in [-0.2, -0.15) is 4.31 Å². The number of sulfonamides is 1. The van der Waals surface area contributed by atoms with Crippen LogP contribution in [0.5, 0.6) is 0 Å². The van der Waals surface area contributed by atoms with E-state index in [9.17, 15) is 8.42 Å². The lowest BCUT2D eigenvalue weighted by Crippen LogP contribution is -2.35. The van der Waals surface area contributed by atoms with E-state index in [2.05, 4.69) is 4.98 Å². The van der Waals surface area contributed by atoms with Gasteiger partial charge in [0.2, 0.25) is 10.0 Å². The molecule has 1 unspecified atom stereocenters. The molecule has 2 rings (SSSR count). The Morgan fingerprint density at radius 1 is 1.53 bits per heavy atom. The SMILES string of the molecule is CCN(CC1CCOC1)S(=O)(=O)c1ccc(Cl)nc1. The average Bonchev–Trinajstić information content (AvgIpc) is 2.89. The number of halogens is 1. The molecular formula is C12H17ClN2O3S. The van der Waals surface area contributed by atoms with Gasteiger partial charge < -0.3 is 4.74 Å². The average molecular weight is 305 g/mol. The molecule has 1 fully saturated rings. The zero-order valence-corrected chi connectivity index (χ0v) is 12.3. The molecule has 5 nitrogen and oxygen atoms in total. The summed E-state index contributed by atoms with van der Waals surface area (Å²) in [6.45, 7) is 4.09. The van der Waals surface area contributed by atoms with Crippen molar-refractivity contribution in [2.24, 2.45) is 5.92 Å². The van der Waals surface area contributed by atoms with Crippen molar-refractivity contribution in [1.29, 1.82) is 0 Å². The Kier molecular flexibility index (Phi) is 4.78. The summed E-state index contributed by atoms with van der Waals surface area (Å²) in [5.41, 5.74) is 0. The van der Waals surface area contributed by atoms with E-state index in [0.717, 1.165) is 6.42 Å². The van der Waals surface area contributed by atoms with Crippen LogP contribution < -0.4 is 0 Å². The summed E-state index contributed by atoms with van der Waals surface area (Å²) >= 11 is 5.68. The lowest BCUT2D eigenvalue weighted by molar-refractivity contribution is 0.181. The molecule has 1 saturated heterocycles. The normalized spacial score (nSPS) is 20.1. The molecule has 1 aliphatic rings. The number of ether oxygens (including phenoxy) is 1. The summed E-state index contributed by atoms with van der Waals surface area (Å²) in [5.74, 6) is 0.273. The van der Waals surface area contributed by atoms with Crippen molar-refractivity contribution in [3.05, 3.63) is 23.5 Å². The van der Waals surface area contributed by atoms with Crippen LogP contribution in [0.3, 0.4) is 0 Å². The second kappa shape index (κ2) is 6.17. The number of pyridine rings is 1. The van der Waals surface area contributed by atoms with Gasteiger partial charge in [0.25, 0.3) is 0 Å². The Labute approximate surface area is 118 Å². The Balaban J connectivity index is 2.17. The first-order valence-corrected chi connectivity index (χ1v) is 8.05. The smallest absolute Gasteiger partial charge is 0.244 e. The monoisotopic (exact) mass is 304 g/mol. The van der Waals surface area contributed by atoms with E-state index in [0.29, 0.717) is 26.3 Å². The number of hydrogen-bond acceptors (Lipinski definition) is 4. The molecular weight excluding hydrogens is 288 g/mol. The molecule has 2 heterocycles. The van der Waals surface area contributed by atoms with Crippen LogP contribution in [0, 0.1) is 5.92 Å². The number of nitrogens with zero attached hydrogens (tertiary/aromatic N) is 2. The van der Waals surface area contributed by atoms with Gasteiger partial charge in [0.1, 0.15) is 10.0 Å². The first kappa shape index (κ1) is 14.7. The van der Waals surface area contributed by atoms with Crippen LogP contribution in [-0.2, 0) is 14.8 Å². The summed E-state index contributed by atoms with van der Waals surface area (Å²) in [7, 11) is -3.50. The first-order chi connectivity index (χ1) is 9.04. The molecule has 0 N–H and O–H groups in total. The maximum absolute atomic E-state index is 12.5. The molecule has 0 aromatic carbocycles. The molecule has 19 heavy (non-hydrogen) atoms. The molecule has 1 aromatic heterocycles. The van der Waals surface area contributed by atoms with Crippen LogP contribution in [0.4, 0.5) is 0 Å². The second-order valence-electron chi connectivity index (χ2n) is 4.50. The summed E-state index contributed by atoms with van der Waals surface area (Å²) in [5, 5.41) is 0.284. The van der Waals surface area contributed by atoms with Crippen molar-refractivity contribution >= 4 is 21.6 Å². The molecule has 1 atom stereocenters. The van der Waals surface area contributed by atoms with Crippen LogP contribution in [0.2, 0.25) is 5.15 Å². The van der Waals surface area contributed by atoms with Crippen molar-refractivity contribution in [2.45, 2.75) is 18.2 Å². The molecule has 0 radical (unpaired) electrons. The van der Waals surface area contributed by atoms with E-state index in [1.165, 1.54) is 22.6 Å². The van der Waals surface area contributed by atoms with Gasteiger partial charge in [0.15, 0.2) is 0 Å². The highest BCUT2D eigenvalue weighted by atomic mass is 35.5. The predicted octanol–water partition coefficient (Wildman–Crippen LogP) is 1.78. The maximum atomic E-state index is 12.5. The molecule has 106 valence electrons. The highest BCUT2D eigenvalue weighted by Gasteiger charge is 2.27. The first-order valence-electron chi connectivity index (χ1n) is 6.23. The fourth-order valence-electron chi connectivity index (χ4n) is 2.08. The number of rotatable bonds is 5. The second-order valence-corrected chi connectivity index (χ2v) is 6.83. The minimum absolute atomic E-state index is 0.178. The Bertz CT molecular complexity index is 512. The van der Waals surface area contributed by atoms with Crippen molar-refractivity contribution in [2.75, 3.05) is 26.3 Å². The number of aromatic nitrogens is 1. The summed E-state index contributed by atoms with van der Waals surface area (Å²) in [6.07, 6.45) is 2.20. The van der Waals surface area contributed by atoms with Crippen LogP contribution in [0.25, 0.3) is 0 Å². The van der Waals surface area contributed by atoms with Gasteiger partial charge in [0, 0.05) is 25.9 Å². The Morgan fingerprint density at radius 2 is 2.32 bits per heavy atom. The van der Waals surface area contributed by atoms with Gasteiger partial charge in [0.05, 0.1) is 6.61 Å². The molecule has 0 spiro atoms. The van der Waals surface area contributed by atoms with E-state index in [4.69, 9.17) is 16.3 Å². The molecule has 0 amide bonds. The fraction of sp³-hybridized carbons (Fsp3) is 0.583. The third-order valence-electron chi connectivity index (χ3n) is 3.18. The molecule has 1 aromatic rings. The van der Waals surface area contributed by atoms with Crippen molar-refractivity contribution in [3.8, 4) is 0 Å². The van der Waals surface area contributed by atoms with E-state index >= 15 is 0 Å². The standard InChI is InChI=1S/C12H17ClN2O3S/c1-2-15(8-10-5-6-18-9-10)19(16,17)11-3-4-12(13)14-7-11/h3-4,7,10H,2,5-6,8-9H2,1H3. The van der Waals surface area contributed by atoms with Gasteiger partial charge in [-0.05, 0) is 24.5 Å². The summed E-state index contributed by atoms with van der Waals surface area (Å²) in [4.78, 5) is 4.01.